The molecule has 0 N–H and O–H groups in total. The van der Waals surface area contributed by atoms with Crippen molar-refractivity contribution in [3.8, 4) is 11.6 Å². The zero-order chi connectivity index (χ0) is 13.9. The average Bonchev–Trinajstić information content (AvgIpc) is 3.15. The fourth-order valence-corrected chi connectivity index (χ4v) is 3.11. The molecule has 108 valence electrons. The van der Waals surface area contributed by atoms with Crippen LogP contribution in [0, 0.1) is 0 Å². The van der Waals surface area contributed by atoms with Crippen molar-refractivity contribution in [1.82, 2.24) is 19.1 Å². The van der Waals surface area contributed by atoms with Gasteiger partial charge in [0.15, 0.2) is 11.6 Å². The number of methoxy groups -OCH3 is 1. The van der Waals surface area contributed by atoms with Crippen molar-refractivity contribution in [2.45, 2.75) is 51.3 Å². The summed E-state index contributed by atoms with van der Waals surface area (Å²) in [5.41, 5.74) is 0. The van der Waals surface area contributed by atoms with Crippen LogP contribution in [0.1, 0.15) is 38.6 Å². The van der Waals surface area contributed by atoms with Gasteiger partial charge in [-0.05, 0) is 32.6 Å². The Kier molecular flexibility index (Phi) is 3.87. The van der Waals surface area contributed by atoms with E-state index in [9.17, 15) is 0 Å². The molecule has 2 aromatic rings. The van der Waals surface area contributed by atoms with Gasteiger partial charge in [0.05, 0.1) is 6.10 Å². The summed E-state index contributed by atoms with van der Waals surface area (Å²) in [6, 6.07) is 0.515. The first-order chi connectivity index (χ1) is 9.83. The molecule has 2 heterocycles. The second-order valence-electron chi connectivity index (χ2n) is 5.36. The lowest BCUT2D eigenvalue weighted by Crippen LogP contribution is -2.23. The predicted octanol–water partition coefficient (Wildman–Crippen LogP) is 2.90. The van der Waals surface area contributed by atoms with Crippen molar-refractivity contribution in [2.24, 2.45) is 0 Å². The zero-order valence-electron chi connectivity index (χ0n) is 12.2. The standard InChI is InChI=1S/C15H22N4O/c1-3-18-10-8-16-14(18)15-17-9-11-19(15)12-4-6-13(20-2)7-5-12/h8-13H,3-7H2,1-2H3. The predicted molar refractivity (Wildman–Crippen MR) is 77.4 cm³/mol. The molecule has 0 aromatic carbocycles. The van der Waals surface area contributed by atoms with Crippen LogP contribution < -0.4 is 0 Å². The van der Waals surface area contributed by atoms with Crippen molar-refractivity contribution in [3.05, 3.63) is 24.8 Å². The third-order valence-corrected chi connectivity index (χ3v) is 4.30. The largest absolute Gasteiger partial charge is 0.381 e. The molecule has 5 heteroatoms. The summed E-state index contributed by atoms with van der Waals surface area (Å²) in [6.45, 7) is 3.04. The van der Waals surface area contributed by atoms with Crippen LogP contribution in [0.2, 0.25) is 0 Å². The Morgan fingerprint density at radius 3 is 2.50 bits per heavy atom. The van der Waals surface area contributed by atoms with E-state index in [0.717, 1.165) is 43.9 Å². The molecule has 5 nitrogen and oxygen atoms in total. The number of nitrogens with zero attached hydrogens (tertiary/aromatic N) is 4. The Balaban J connectivity index is 1.84. The molecule has 0 atom stereocenters. The van der Waals surface area contributed by atoms with Crippen LogP contribution in [0.4, 0.5) is 0 Å². The van der Waals surface area contributed by atoms with Gasteiger partial charge in [-0.15, -0.1) is 0 Å². The highest BCUT2D eigenvalue weighted by molar-refractivity contribution is 5.45. The van der Waals surface area contributed by atoms with Crippen molar-refractivity contribution in [2.75, 3.05) is 7.11 Å². The van der Waals surface area contributed by atoms with Gasteiger partial charge < -0.3 is 13.9 Å². The number of imidazole rings is 2. The second-order valence-corrected chi connectivity index (χ2v) is 5.36. The Hall–Kier alpha value is -1.62. The molecule has 3 rings (SSSR count). The summed E-state index contributed by atoms with van der Waals surface area (Å²) in [7, 11) is 1.81. The van der Waals surface area contributed by atoms with Gasteiger partial charge in [-0.2, -0.15) is 0 Å². The summed E-state index contributed by atoms with van der Waals surface area (Å²) in [5, 5.41) is 0. The molecule has 0 unspecified atom stereocenters. The molecular formula is C15H22N4O. The Morgan fingerprint density at radius 1 is 1.10 bits per heavy atom. The fraction of sp³-hybridized carbons (Fsp3) is 0.600. The lowest BCUT2D eigenvalue weighted by molar-refractivity contribution is 0.0586. The van der Waals surface area contributed by atoms with Gasteiger partial charge >= 0.3 is 0 Å². The summed E-state index contributed by atoms with van der Waals surface area (Å²) in [4.78, 5) is 9.00. The third kappa shape index (κ3) is 2.38. The van der Waals surface area contributed by atoms with E-state index in [0.29, 0.717) is 12.1 Å². The maximum absolute atomic E-state index is 5.45. The number of hydrogen-bond acceptors (Lipinski definition) is 3. The summed E-state index contributed by atoms with van der Waals surface area (Å²) in [6.07, 6.45) is 12.8. The van der Waals surface area contributed by atoms with Crippen LogP contribution in [0.25, 0.3) is 11.6 Å². The first-order valence-electron chi connectivity index (χ1n) is 7.40. The molecule has 1 aliphatic rings. The van der Waals surface area contributed by atoms with E-state index in [4.69, 9.17) is 4.74 Å². The molecule has 0 spiro atoms. The molecule has 0 saturated heterocycles. The van der Waals surface area contributed by atoms with E-state index in [1.807, 2.05) is 25.7 Å². The molecule has 20 heavy (non-hydrogen) atoms. The van der Waals surface area contributed by atoms with Crippen molar-refractivity contribution >= 4 is 0 Å². The van der Waals surface area contributed by atoms with Crippen LogP contribution >= 0.6 is 0 Å². The second kappa shape index (κ2) is 5.79. The Labute approximate surface area is 119 Å². The van der Waals surface area contributed by atoms with Gasteiger partial charge in [0.2, 0.25) is 0 Å². The summed E-state index contributed by atoms with van der Waals surface area (Å²) in [5.74, 6) is 1.95. The van der Waals surface area contributed by atoms with E-state index in [1.54, 1.807) is 0 Å². The van der Waals surface area contributed by atoms with E-state index < -0.39 is 0 Å². The molecule has 1 aliphatic carbocycles. The third-order valence-electron chi connectivity index (χ3n) is 4.30. The van der Waals surface area contributed by atoms with Crippen LogP contribution in [-0.2, 0) is 11.3 Å². The molecule has 0 amide bonds. The first kappa shape index (κ1) is 13.4. The molecule has 0 bridgehead atoms. The van der Waals surface area contributed by atoms with E-state index >= 15 is 0 Å². The van der Waals surface area contributed by atoms with Gasteiger partial charge in [0.25, 0.3) is 0 Å². The van der Waals surface area contributed by atoms with Gasteiger partial charge in [-0.25, -0.2) is 9.97 Å². The molecular weight excluding hydrogens is 252 g/mol. The minimum absolute atomic E-state index is 0.427. The molecule has 1 fully saturated rings. The number of rotatable bonds is 4. The van der Waals surface area contributed by atoms with Gasteiger partial charge in [-0.1, -0.05) is 0 Å². The van der Waals surface area contributed by atoms with E-state index in [2.05, 4.69) is 32.2 Å². The zero-order valence-corrected chi connectivity index (χ0v) is 12.2. The SMILES string of the molecule is CCn1ccnc1-c1nccn1C1CCC(OC)CC1. The fourth-order valence-electron chi connectivity index (χ4n) is 3.11. The summed E-state index contributed by atoms with van der Waals surface area (Å²) >= 11 is 0. The number of aromatic nitrogens is 4. The minimum Gasteiger partial charge on any atom is -0.381 e. The number of ether oxygens (including phenoxy) is 1. The van der Waals surface area contributed by atoms with Gasteiger partial charge in [0, 0.05) is 44.5 Å². The summed E-state index contributed by atoms with van der Waals surface area (Å²) < 4.78 is 9.89. The van der Waals surface area contributed by atoms with Crippen LogP contribution in [0.5, 0.6) is 0 Å². The molecule has 2 aromatic heterocycles. The highest BCUT2D eigenvalue weighted by atomic mass is 16.5. The molecule has 0 aliphatic heterocycles. The number of hydrogen-bond donors (Lipinski definition) is 0. The van der Waals surface area contributed by atoms with Gasteiger partial charge in [-0.3, -0.25) is 0 Å². The normalized spacial score (nSPS) is 23.1. The lowest BCUT2D eigenvalue weighted by atomic mass is 9.93. The molecule has 0 radical (unpaired) electrons. The Bertz CT molecular complexity index is 552. The quantitative estimate of drug-likeness (QED) is 0.861. The Morgan fingerprint density at radius 2 is 1.80 bits per heavy atom. The lowest BCUT2D eigenvalue weighted by Gasteiger charge is -2.29. The minimum atomic E-state index is 0.427. The van der Waals surface area contributed by atoms with E-state index in [-0.39, 0.29) is 0 Å². The molecule has 1 saturated carbocycles. The smallest absolute Gasteiger partial charge is 0.176 e. The van der Waals surface area contributed by atoms with Crippen molar-refractivity contribution in [1.29, 1.82) is 0 Å². The first-order valence-corrected chi connectivity index (χ1v) is 7.40. The topological polar surface area (TPSA) is 44.9 Å². The maximum atomic E-state index is 5.45. The van der Waals surface area contributed by atoms with Crippen LogP contribution in [-0.4, -0.2) is 32.3 Å². The van der Waals surface area contributed by atoms with E-state index in [1.165, 1.54) is 0 Å². The monoisotopic (exact) mass is 274 g/mol. The highest BCUT2D eigenvalue weighted by Gasteiger charge is 2.24. The number of aryl methyl sites for hydroxylation is 1. The van der Waals surface area contributed by atoms with Gasteiger partial charge in [0.1, 0.15) is 0 Å². The van der Waals surface area contributed by atoms with Crippen molar-refractivity contribution < 1.29 is 4.74 Å². The van der Waals surface area contributed by atoms with Crippen LogP contribution in [0.3, 0.4) is 0 Å². The average molecular weight is 274 g/mol. The maximum Gasteiger partial charge on any atom is 0.176 e. The highest BCUT2D eigenvalue weighted by Crippen LogP contribution is 2.32. The van der Waals surface area contributed by atoms with Crippen LogP contribution in [0.15, 0.2) is 24.8 Å². The van der Waals surface area contributed by atoms with Crippen molar-refractivity contribution in [3.63, 3.8) is 0 Å².